The SMILES string of the molecule is CCCCCn1ncc2c1CCC(C)C2. The molecule has 0 fully saturated rings. The Labute approximate surface area is 92.7 Å². The van der Waals surface area contributed by atoms with Crippen LogP contribution >= 0.6 is 0 Å². The first kappa shape index (κ1) is 10.7. The molecule has 1 aromatic rings. The summed E-state index contributed by atoms with van der Waals surface area (Å²) >= 11 is 0. The summed E-state index contributed by atoms with van der Waals surface area (Å²) in [6.07, 6.45) is 9.81. The van der Waals surface area contributed by atoms with E-state index in [4.69, 9.17) is 0 Å². The molecule has 1 heterocycles. The highest BCUT2D eigenvalue weighted by atomic mass is 15.3. The van der Waals surface area contributed by atoms with Crippen LogP contribution in [-0.2, 0) is 19.4 Å². The van der Waals surface area contributed by atoms with E-state index in [0.29, 0.717) is 0 Å². The molecule has 1 unspecified atom stereocenters. The Morgan fingerprint density at radius 1 is 1.47 bits per heavy atom. The first-order chi connectivity index (χ1) is 7.31. The Kier molecular flexibility index (Phi) is 3.45. The van der Waals surface area contributed by atoms with Gasteiger partial charge in [-0.05, 0) is 37.2 Å². The molecule has 0 amide bonds. The molecule has 0 bridgehead atoms. The molecule has 15 heavy (non-hydrogen) atoms. The van der Waals surface area contributed by atoms with Crippen LogP contribution in [-0.4, -0.2) is 9.78 Å². The van der Waals surface area contributed by atoms with Gasteiger partial charge in [0.15, 0.2) is 0 Å². The van der Waals surface area contributed by atoms with Gasteiger partial charge in [0, 0.05) is 12.2 Å². The molecule has 1 aromatic heterocycles. The number of aryl methyl sites for hydroxylation is 1. The Morgan fingerprint density at radius 3 is 3.13 bits per heavy atom. The van der Waals surface area contributed by atoms with E-state index in [2.05, 4.69) is 29.8 Å². The van der Waals surface area contributed by atoms with Gasteiger partial charge in [0.05, 0.1) is 6.20 Å². The summed E-state index contributed by atoms with van der Waals surface area (Å²) in [7, 11) is 0. The summed E-state index contributed by atoms with van der Waals surface area (Å²) in [4.78, 5) is 0. The van der Waals surface area contributed by atoms with Gasteiger partial charge in [-0.3, -0.25) is 4.68 Å². The van der Waals surface area contributed by atoms with Crippen LogP contribution in [0.2, 0.25) is 0 Å². The van der Waals surface area contributed by atoms with E-state index in [-0.39, 0.29) is 0 Å². The van der Waals surface area contributed by atoms with Crippen molar-refractivity contribution >= 4 is 0 Å². The molecule has 2 nitrogen and oxygen atoms in total. The second-order valence-corrected chi connectivity index (χ2v) is 4.89. The summed E-state index contributed by atoms with van der Waals surface area (Å²) in [5.41, 5.74) is 3.02. The highest BCUT2D eigenvalue weighted by Gasteiger charge is 2.18. The zero-order valence-corrected chi connectivity index (χ0v) is 10.00. The van der Waals surface area contributed by atoms with Gasteiger partial charge >= 0.3 is 0 Å². The Morgan fingerprint density at radius 2 is 2.33 bits per heavy atom. The third-order valence-electron chi connectivity index (χ3n) is 3.45. The van der Waals surface area contributed by atoms with Gasteiger partial charge in [-0.25, -0.2) is 0 Å². The second kappa shape index (κ2) is 4.82. The summed E-state index contributed by atoms with van der Waals surface area (Å²) in [5, 5.41) is 4.52. The largest absolute Gasteiger partial charge is 0.269 e. The fraction of sp³-hybridized carbons (Fsp3) is 0.769. The minimum absolute atomic E-state index is 0.853. The Bertz CT molecular complexity index is 314. The first-order valence-corrected chi connectivity index (χ1v) is 6.34. The standard InChI is InChI=1S/C13H22N2/c1-3-4-5-8-15-13-7-6-11(2)9-12(13)10-14-15/h10-11H,3-9H2,1-2H3. The zero-order valence-electron chi connectivity index (χ0n) is 10.00. The fourth-order valence-electron chi connectivity index (χ4n) is 2.47. The van der Waals surface area contributed by atoms with Gasteiger partial charge in [-0.15, -0.1) is 0 Å². The molecule has 0 N–H and O–H groups in total. The van der Waals surface area contributed by atoms with Crippen LogP contribution in [0.5, 0.6) is 0 Å². The average molecular weight is 206 g/mol. The van der Waals surface area contributed by atoms with Gasteiger partial charge < -0.3 is 0 Å². The lowest BCUT2D eigenvalue weighted by molar-refractivity contribution is 0.466. The number of unbranched alkanes of at least 4 members (excludes halogenated alkanes) is 2. The zero-order chi connectivity index (χ0) is 10.7. The van der Waals surface area contributed by atoms with Crippen molar-refractivity contribution < 1.29 is 0 Å². The third kappa shape index (κ3) is 2.42. The highest BCUT2D eigenvalue weighted by molar-refractivity contribution is 5.21. The molecule has 1 aliphatic rings. The predicted octanol–water partition coefficient (Wildman–Crippen LogP) is 3.20. The van der Waals surface area contributed by atoms with Crippen molar-refractivity contribution in [3.63, 3.8) is 0 Å². The molecule has 0 radical (unpaired) electrons. The van der Waals surface area contributed by atoms with Crippen molar-refractivity contribution in [1.82, 2.24) is 9.78 Å². The number of hydrogen-bond donors (Lipinski definition) is 0. The van der Waals surface area contributed by atoms with Crippen molar-refractivity contribution in [3.8, 4) is 0 Å². The number of aromatic nitrogens is 2. The lowest BCUT2D eigenvalue weighted by Crippen LogP contribution is -2.14. The van der Waals surface area contributed by atoms with Gasteiger partial charge in [0.2, 0.25) is 0 Å². The Balaban J connectivity index is 2.01. The van der Waals surface area contributed by atoms with E-state index in [1.807, 2.05) is 0 Å². The summed E-state index contributed by atoms with van der Waals surface area (Å²) < 4.78 is 2.25. The lowest BCUT2D eigenvalue weighted by Gasteiger charge is -2.19. The van der Waals surface area contributed by atoms with Crippen molar-refractivity contribution in [3.05, 3.63) is 17.5 Å². The molecule has 84 valence electrons. The van der Waals surface area contributed by atoms with Crippen molar-refractivity contribution in [2.24, 2.45) is 5.92 Å². The fourth-order valence-corrected chi connectivity index (χ4v) is 2.47. The van der Waals surface area contributed by atoms with Crippen LogP contribution < -0.4 is 0 Å². The quantitative estimate of drug-likeness (QED) is 0.692. The van der Waals surface area contributed by atoms with E-state index in [0.717, 1.165) is 12.5 Å². The van der Waals surface area contributed by atoms with E-state index >= 15 is 0 Å². The normalized spacial score (nSPS) is 20.3. The maximum Gasteiger partial charge on any atom is 0.0524 e. The maximum absolute atomic E-state index is 4.52. The predicted molar refractivity (Wildman–Crippen MR) is 62.9 cm³/mol. The number of nitrogens with zero attached hydrogens (tertiary/aromatic N) is 2. The minimum Gasteiger partial charge on any atom is -0.269 e. The molecule has 1 atom stereocenters. The molecule has 0 saturated heterocycles. The number of rotatable bonds is 4. The number of hydrogen-bond acceptors (Lipinski definition) is 1. The molecule has 0 aromatic carbocycles. The van der Waals surface area contributed by atoms with Crippen molar-refractivity contribution in [2.75, 3.05) is 0 Å². The average Bonchev–Trinajstić information content (AvgIpc) is 2.61. The smallest absolute Gasteiger partial charge is 0.0524 e. The maximum atomic E-state index is 4.52. The second-order valence-electron chi connectivity index (χ2n) is 4.89. The van der Waals surface area contributed by atoms with E-state index in [1.165, 1.54) is 49.8 Å². The van der Waals surface area contributed by atoms with Crippen LogP contribution in [0.3, 0.4) is 0 Å². The first-order valence-electron chi connectivity index (χ1n) is 6.34. The van der Waals surface area contributed by atoms with E-state index in [9.17, 15) is 0 Å². The molecule has 0 aliphatic heterocycles. The third-order valence-corrected chi connectivity index (χ3v) is 3.45. The van der Waals surface area contributed by atoms with Gasteiger partial charge in [0.1, 0.15) is 0 Å². The number of fused-ring (bicyclic) bond motifs is 1. The van der Waals surface area contributed by atoms with Crippen LogP contribution in [0, 0.1) is 5.92 Å². The van der Waals surface area contributed by atoms with Crippen LogP contribution in [0.15, 0.2) is 6.20 Å². The van der Waals surface area contributed by atoms with Crippen molar-refractivity contribution in [2.45, 2.75) is 58.9 Å². The molecule has 2 heteroatoms. The van der Waals surface area contributed by atoms with E-state index < -0.39 is 0 Å². The van der Waals surface area contributed by atoms with Gasteiger partial charge in [-0.1, -0.05) is 26.7 Å². The summed E-state index contributed by atoms with van der Waals surface area (Å²) in [6, 6.07) is 0. The Hall–Kier alpha value is -0.790. The molecule has 0 saturated carbocycles. The monoisotopic (exact) mass is 206 g/mol. The molecular formula is C13H22N2. The van der Waals surface area contributed by atoms with Crippen LogP contribution in [0.1, 0.15) is 50.8 Å². The van der Waals surface area contributed by atoms with Crippen LogP contribution in [0.25, 0.3) is 0 Å². The molecule has 2 rings (SSSR count). The minimum atomic E-state index is 0.853. The van der Waals surface area contributed by atoms with Gasteiger partial charge in [0.25, 0.3) is 0 Å². The van der Waals surface area contributed by atoms with Crippen molar-refractivity contribution in [1.29, 1.82) is 0 Å². The molecular weight excluding hydrogens is 184 g/mol. The summed E-state index contributed by atoms with van der Waals surface area (Å²) in [6.45, 7) is 5.72. The van der Waals surface area contributed by atoms with Crippen LogP contribution in [0.4, 0.5) is 0 Å². The molecule has 0 spiro atoms. The van der Waals surface area contributed by atoms with E-state index in [1.54, 1.807) is 0 Å². The lowest BCUT2D eigenvalue weighted by atomic mass is 9.89. The highest BCUT2D eigenvalue weighted by Crippen LogP contribution is 2.25. The van der Waals surface area contributed by atoms with Gasteiger partial charge in [-0.2, -0.15) is 5.10 Å². The topological polar surface area (TPSA) is 17.8 Å². The summed E-state index contributed by atoms with van der Waals surface area (Å²) in [5.74, 6) is 0.853. The molecule has 1 aliphatic carbocycles.